The Labute approximate surface area is 208 Å². The number of hydrogen-bond acceptors (Lipinski definition) is 5. The molecule has 0 aliphatic carbocycles. The lowest BCUT2D eigenvalue weighted by atomic mass is 10.2. The maximum absolute atomic E-state index is 13.2. The normalized spacial score (nSPS) is 12.3. The lowest BCUT2D eigenvalue weighted by molar-refractivity contribution is 0.00583. The average molecular weight is 489 g/mol. The predicted molar refractivity (Wildman–Crippen MR) is 141 cm³/mol. The van der Waals surface area contributed by atoms with E-state index in [9.17, 15) is 9.59 Å². The summed E-state index contributed by atoms with van der Waals surface area (Å²) in [6, 6.07) is 6.45. The molecule has 8 heteroatoms. The van der Waals surface area contributed by atoms with Crippen molar-refractivity contribution >= 4 is 35.2 Å². The van der Waals surface area contributed by atoms with E-state index in [0.717, 1.165) is 0 Å². The summed E-state index contributed by atoms with van der Waals surface area (Å²) in [4.78, 5) is 32.5. The third-order valence-electron chi connectivity index (χ3n) is 4.34. The smallest absolute Gasteiger partial charge is 0.359 e. The van der Waals surface area contributed by atoms with Crippen LogP contribution in [0.1, 0.15) is 75.4 Å². The van der Waals surface area contributed by atoms with Gasteiger partial charge in [0.2, 0.25) is 5.95 Å². The van der Waals surface area contributed by atoms with E-state index in [1.807, 2.05) is 66.1 Å². The number of benzene rings is 1. The van der Waals surface area contributed by atoms with E-state index in [-0.39, 0.29) is 23.1 Å². The third-order valence-corrected chi connectivity index (χ3v) is 4.67. The highest BCUT2D eigenvalue weighted by molar-refractivity contribution is 6.34. The summed E-state index contributed by atoms with van der Waals surface area (Å²) >= 11 is 6.18. The summed E-state index contributed by atoms with van der Waals surface area (Å²) in [6.07, 6.45) is 7.64. The van der Waals surface area contributed by atoms with Crippen LogP contribution in [0.3, 0.4) is 0 Å². The number of rotatable bonds is 7. The number of carbonyl (C=O) groups is 2. The molecule has 1 unspecified atom stereocenters. The summed E-state index contributed by atoms with van der Waals surface area (Å²) in [5.41, 5.74) is -0.286. The molecule has 1 heterocycles. The van der Waals surface area contributed by atoms with Crippen molar-refractivity contribution < 1.29 is 14.3 Å². The highest BCUT2D eigenvalue weighted by atomic mass is 35.5. The quantitative estimate of drug-likeness (QED) is 0.354. The number of allylic oxidation sites excluding steroid dienone is 4. The van der Waals surface area contributed by atoms with E-state index < -0.39 is 17.5 Å². The van der Waals surface area contributed by atoms with E-state index in [2.05, 4.69) is 10.3 Å². The molecule has 34 heavy (non-hydrogen) atoms. The van der Waals surface area contributed by atoms with Crippen LogP contribution in [0, 0.1) is 0 Å². The fraction of sp³-hybridized carbons (Fsp3) is 0.423. The second-order valence-corrected chi connectivity index (χ2v) is 8.87. The lowest BCUT2D eigenvalue weighted by Crippen LogP contribution is -2.28. The zero-order valence-electron chi connectivity index (χ0n) is 21.6. The molecule has 1 N–H and O–H groups in total. The van der Waals surface area contributed by atoms with Gasteiger partial charge in [-0.2, -0.15) is 4.98 Å². The molecule has 1 aromatic heterocycles. The number of imidazole rings is 1. The summed E-state index contributed by atoms with van der Waals surface area (Å²) < 4.78 is 7.40. The summed E-state index contributed by atoms with van der Waals surface area (Å²) in [7, 11) is 3.64. The van der Waals surface area contributed by atoms with E-state index in [0.29, 0.717) is 11.0 Å². The number of hydrogen-bond donors (Lipinski definition) is 1. The van der Waals surface area contributed by atoms with Crippen molar-refractivity contribution in [2.45, 2.75) is 60.1 Å². The Kier molecular flexibility index (Phi) is 11.1. The largest absolute Gasteiger partial charge is 0.455 e. The van der Waals surface area contributed by atoms with Gasteiger partial charge in [0.25, 0.3) is 5.91 Å². The van der Waals surface area contributed by atoms with E-state index in [4.69, 9.17) is 16.3 Å². The minimum Gasteiger partial charge on any atom is -0.455 e. The Bertz CT molecular complexity index is 1030. The maximum Gasteiger partial charge on any atom is 0.359 e. The molecular weight excluding hydrogens is 452 g/mol. The zero-order chi connectivity index (χ0) is 26.1. The molecule has 2 aromatic rings. The van der Waals surface area contributed by atoms with Crippen molar-refractivity contribution in [2.24, 2.45) is 0 Å². The number of nitrogens with zero attached hydrogens (tertiary/aromatic N) is 3. The molecule has 0 bridgehead atoms. The molecule has 1 amide bonds. The van der Waals surface area contributed by atoms with Crippen LogP contribution in [-0.4, -0.2) is 41.1 Å². The SMILES string of the molecule is C/C=C\C=C/C(C)n1c(N(C)C)nc(NC(=O)c2ccccc2Cl)c1C(=O)OC(C)(C)C.CC. The minimum absolute atomic E-state index is 0.110. The third kappa shape index (κ3) is 7.76. The van der Waals surface area contributed by atoms with Gasteiger partial charge in [-0.25, -0.2) is 4.79 Å². The van der Waals surface area contributed by atoms with Gasteiger partial charge in [-0.15, -0.1) is 0 Å². The van der Waals surface area contributed by atoms with E-state index in [1.165, 1.54) is 0 Å². The highest BCUT2D eigenvalue weighted by Crippen LogP contribution is 2.30. The van der Waals surface area contributed by atoms with Crippen LogP contribution in [0.15, 0.2) is 48.6 Å². The van der Waals surface area contributed by atoms with Crippen LogP contribution in [0.5, 0.6) is 0 Å². The maximum atomic E-state index is 13.2. The van der Waals surface area contributed by atoms with Crippen molar-refractivity contribution in [3.05, 3.63) is 64.8 Å². The van der Waals surface area contributed by atoms with Crippen LogP contribution in [-0.2, 0) is 4.74 Å². The van der Waals surface area contributed by atoms with Gasteiger partial charge in [0, 0.05) is 14.1 Å². The number of carbonyl (C=O) groups excluding carboxylic acids is 2. The molecule has 0 saturated heterocycles. The molecule has 186 valence electrons. The number of amides is 1. The van der Waals surface area contributed by atoms with Gasteiger partial charge in [-0.3, -0.25) is 9.36 Å². The summed E-state index contributed by atoms with van der Waals surface area (Å²) in [5.74, 6) is -0.441. The first-order chi connectivity index (χ1) is 16.0. The van der Waals surface area contributed by atoms with Crippen LogP contribution in [0.4, 0.5) is 11.8 Å². The second kappa shape index (κ2) is 13.0. The van der Waals surface area contributed by atoms with Gasteiger partial charge in [0.1, 0.15) is 5.60 Å². The van der Waals surface area contributed by atoms with Gasteiger partial charge >= 0.3 is 5.97 Å². The molecular formula is C26H37ClN4O3. The number of aromatic nitrogens is 2. The Morgan fingerprint density at radius 2 is 1.79 bits per heavy atom. The first kappa shape index (κ1) is 29.0. The molecule has 7 nitrogen and oxygen atoms in total. The van der Waals surface area contributed by atoms with Crippen LogP contribution >= 0.6 is 11.6 Å². The molecule has 0 aliphatic heterocycles. The fourth-order valence-electron chi connectivity index (χ4n) is 2.97. The number of anilines is 2. The molecule has 0 saturated carbocycles. The number of nitrogens with one attached hydrogen (secondary N) is 1. The van der Waals surface area contributed by atoms with Gasteiger partial charge in [-0.05, 0) is 46.8 Å². The molecule has 0 aliphatic rings. The van der Waals surface area contributed by atoms with Gasteiger partial charge in [0.15, 0.2) is 11.5 Å². The van der Waals surface area contributed by atoms with Gasteiger partial charge < -0.3 is 15.0 Å². The van der Waals surface area contributed by atoms with Crippen molar-refractivity contribution in [1.82, 2.24) is 9.55 Å². The van der Waals surface area contributed by atoms with Crippen LogP contribution in [0.25, 0.3) is 0 Å². The van der Waals surface area contributed by atoms with Crippen LogP contribution in [0.2, 0.25) is 5.02 Å². The average Bonchev–Trinajstić information content (AvgIpc) is 3.14. The Morgan fingerprint density at radius 1 is 1.18 bits per heavy atom. The van der Waals surface area contributed by atoms with Crippen molar-refractivity contribution in [1.29, 1.82) is 0 Å². The molecule has 2 rings (SSSR count). The Hall–Kier alpha value is -3.06. The monoisotopic (exact) mass is 488 g/mol. The molecule has 0 fully saturated rings. The molecule has 0 radical (unpaired) electrons. The first-order valence-corrected chi connectivity index (χ1v) is 11.7. The minimum atomic E-state index is -0.724. The number of halogens is 1. The predicted octanol–water partition coefficient (Wildman–Crippen LogP) is 6.53. The molecule has 1 aromatic carbocycles. The van der Waals surface area contributed by atoms with Gasteiger partial charge in [-0.1, -0.05) is 61.9 Å². The molecule has 1 atom stereocenters. The van der Waals surface area contributed by atoms with Crippen molar-refractivity contribution in [3.8, 4) is 0 Å². The van der Waals surface area contributed by atoms with E-state index >= 15 is 0 Å². The lowest BCUT2D eigenvalue weighted by Gasteiger charge is -2.23. The van der Waals surface area contributed by atoms with Crippen molar-refractivity contribution in [3.63, 3.8) is 0 Å². The standard InChI is InChI=1S/C24H31ClN4O3.C2H6/c1-8-9-10-13-16(2)29-19(22(31)32-24(3,4)5)20(27-23(29)28(6)7)26-21(30)17-14-11-12-15-18(17)25;1-2/h8-16H,1-7H3,(H,26,30);1-2H3/b9-8-,13-10-;. The van der Waals surface area contributed by atoms with Crippen molar-refractivity contribution in [2.75, 3.05) is 24.3 Å². The Balaban J connectivity index is 0.00000281. The second-order valence-electron chi connectivity index (χ2n) is 8.46. The molecule has 0 spiro atoms. The number of ether oxygens (including phenoxy) is 1. The fourth-order valence-corrected chi connectivity index (χ4v) is 3.19. The Morgan fingerprint density at radius 3 is 2.32 bits per heavy atom. The number of esters is 1. The zero-order valence-corrected chi connectivity index (χ0v) is 22.4. The van der Waals surface area contributed by atoms with E-state index in [1.54, 1.807) is 54.5 Å². The van der Waals surface area contributed by atoms with Crippen LogP contribution < -0.4 is 10.2 Å². The first-order valence-electron chi connectivity index (χ1n) is 11.3. The topological polar surface area (TPSA) is 76.5 Å². The summed E-state index contributed by atoms with van der Waals surface area (Å²) in [5, 5.41) is 3.06. The van der Waals surface area contributed by atoms with Gasteiger partial charge in [0.05, 0.1) is 16.6 Å². The highest BCUT2D eigenvalue weighted by Gasteiger charge is 2.31. The summed E-state index contributed by atoms with van der Waals surface area (Å²) in [6.45, 7) is 13.2.